The molecule has 1 aromatic heterocycles. The quantitative estimate of drug-likeness (QED) is 0.665. The number of hydrogen-bond donors (Lipinski definition) is 0. The van der Waals surface area contributed by atoms with Gasteiger partial charge in [0.1, 0.15) is 0 Å². The Bertz CT molecular complexity index is 300. The molecular formula is C10H13NO2. The summed E-state index contributed by atoms with van der Waals surface area (Å²) in [5, 5.41) is 0. The van der Waals surface area contributed by atoms with Crippen LogP contribution < -0.4 is 4.90 Å². The molecule has 1 aromatic rings. The lowest BCUT2D eigenvalue weighted by atomic mass is 9.98. The van der Waals surface area contributed by atoms with Gasteiger partial charge in [-0.05, 0) is 18.4 Å². The number of hydrogen-bond acceptors (Lipinski definition) is 3. The van der Waals surface area contributed by atoms with E-state index in [1.807, 2.05) is 6.07 Å². The largest absolute Gasteiger partial charge is 0.438 e. The fourth-order valence-electron chi connectivity index (χ4n) is 1.58. The molecule has 2 rings (SSSR count). The van der Waals surface area contributed by atoms with Crippen LogP contribution in [0.15, 0.2) is 16.5 Å². The van der Waals surface area contributed by atoms with E-state index >= 15 is 0 Å². The standard InChI is InChI=1S/C10H13NO2/c1-2-8-5-11(6-8)10-4-3-9(7-12)13-10/h3-4,7-8H,2,5-6H2,1H3. The molecule has 0 bridgehead atoms. The van der Waals surface area contributed by atoms with Gasteiger partial charge in [0.05, 0.1) is 0 Å². The molecule has 0 aromatic carbocycles. The smallest absolute Gasteiger partial charge is 0.196 e. The Hall–Kier alpha value is -1.25. The van der Waals surface area contributed by atoms with Gasteiger partial charge < -0.3 is 9.32 Å². The van der Waals surface area contributed by atoms with E-state index in [2.05, 4.69) is 11.8 Å². The van der Waals surface area contributed by atoms with Crippen molar-refractivity contribution in [3.63, 3.8) is 0 Å². The van der Waals surface area contributed by atoms with Gasteiger partial charge in [0.15, 0.2) is 17.9 Å². The van der Waals surface area contributed by atoms with E-state index in [9.17, 15) is 4.79 Å². The number of aldehydes is 1. The Balaban J connectivity index is 1.99. The fraction of sp³-hybridized carbons (Fsp3) is 0.500. The van der Waals surface area contributed by atoms with E-state index in [0.717, 1.165) is 31.2 Å². The van der Waals surface area contributed by atoms with Crippen molar-refractivity contribution >= 4 is 12.2 Å². The Labute approximate surface area is 77.3 Å². The lowest BCUT2D eigenvalue weighted by Gasteiger charge is -2.38. The summed E-state index contributed by atoms with van der Waals surface area (Å²) < 4.78 is 5.29. The second kappa shape index (κ2) is 3.24. The summed E-state index contributed by atoms with van der Waals surface area (Å²) in [5.74, 6) is 2.03. The summed E-state index contributed by atoms with van der Waals surface area (Å²) in [4.78, 5) is 12.5. The summed E-state index contributed by atoms with van der Waals surface area (Å²) in [6, 6.07) is 3.57. The first-order chi connectivity index (χ1) is 6.33. The molecule has 3 heteroatoms. The van der Waals surface area contributed by atoms with Gasteiger partial charge in [0.25, 0.3) is 0 Å². The third-order valence-electron chi connectivity index (χ3n) is 2.57. The van der Waals surface area contributed by atoms with Crippen LogP contribution in [0.1, 0.15) is 23.9 Å². The minimum atomic E-state index is 0.412. The summed E-state index contributed by atoms with van der Waals surface area (Å²) in [6.07, 6.45) is 1.96. The Kier molecular flexibility index (Phi) is 2.08. The molecule has 70 valence electrons. The Morgan fingerprint density at radius 1 is 1.62 bits per heavy atom. The molecule has 0 spiro atoms. The lowest BCUT2D eigenvalue weighted by Crippen LogP contribution is -2.46. The zero-order valence-corrected chi connectivity index (χ0v) is 7.69. The van der Waals surface area contributed by atoms with E-state index in [0.29, 0.717) is 5.76 Å². The minimum Gasteiger partial charge on any atom is -0.438 e. The van der Waals surface area contributed by atoms with Gasteiger partial charge in [-0.3, -0.25) is 4.79 Å². The minimum absolute atomic E-state index is 0.412. The van der Waals surface area contributed by atoms with Crippen LogP contribution in [0.25, 0.3) is 0 Å². The van der Waals surface area contributed by atoms with Crippen molar-refractivity contribution in [2.75, 3.05) is 18.0 Å². The molecule has 1 aliphatic heterocycles. The number of nitrogens with zero attached hydrogens (tertiary/aromatic N) is 1. The zero-order valence-electron chi connectivity index (χ0n) is 7.69. The third-order valence-corrected chi connectivity index (χ3v) is 2.57. The number of carbonyl (C=O) groups excluding carboxylic acids is 1. The first-order valence-corrected chi connectivity index (χ1v) is 4.63. The van der Waals surface area contributed by atoms with Crippen LogP contribution in [-0.2, 0) is 0 Å². The van der Waals surface area contributed by atoms with E-state index in [1.165, 1.54) is 6.42 Å². The van der Waals surface area contributed by atoms with E-state index in [1.54, 1.807) is 6.07 Å². The van der Waals surface area contributed by atoms with Crippen LogP contribution in [0.3, 0.4) is 0 Å². The average Bonchev–Trinajstić information content (AvgIpc) is 2.51. The van der Waals surface area contributed by atoms with Crippen molar-refractivity contribution < 1.29 is 9.21 Å². The SMILES string of the molecule is CCC1CN(c2ccc(C=O)o2)C1. The highest BCUT2D eigenvalue weighted by Gasteiger charge is 2.26. The van der Waals surface area contributed by atoms with Gasteiger partial charge >= 0.3 is 0 Å². The van der Waals surface area contributed by atoms with Crippen molar-refractivity contribution in [1.29, 1.82) is 0 Å². The predicted octanol–water partition coefficient (Wildman–Crippen LogP) is 1.94. The molecule has 0 unspecified atom stereocenters. The molecule has 13 heavy (non-hydrogen) atoms. The highest BCUT2D eigenvalue weighted by atomic mass is 16.4. The highest BCUT2D eigenvalue weighted by Crippen LogP contribution is 2.27. The molecule has 0 radical (unpaired) electrons. The van der Waals surface area contributed by atoms with Crippen LogP contribution in [0.2, 0.25) is 0 Å². The normalized spacial score (nSPS) is 17.2. The van der Waals surface area contributed by atoms with Crippen molar-refractivity contribution in [1.82, 2.24) is 0 Å². The average molecular weight is 179 g/mol. The van der Waals surface area contributed by atoms with Crippen LogP contribution in [-0.4, -0.2) is 19.4 Å². The monoisotopic (exact) mass is 179 g/mol. The van der Waals surface area contributed by atoms with Gasteiger partial charge in [-0.1, -0.05) is 6.92 Å². The Morgan fingerprint density at radius 2 is 2.38 bits per heavy atom. The second-order valence-corrected chi connectivity index (χ2v) is 3.47. The molecule has 0 amide bonds. The van der Waals surface area contributed by atoms with Crippen molar-refractivity contribution in [2.45, 2.75) is 13.3 Å². The first-order valence-electron chi connectivity index (χ1n) is 4.63. The molecular weight excluding hydrogens is 166 g/mol. The van der Waals surface area contributed by atoms with Gasteiger partial charge in [-0.2, -0.15) is 0 Å². The van der Waals surface area contributed by atoms with Crippen LogP contribution in [0, 0.1) is 5.92 Å². The molecule has 2 heterocycles. The molecule has 0 atom stereocenters. The summed E-state index contributed by atoms with van der Waals surface area (Å²) >= 11 is 0. The maximum Gasteiger partial charge on any atom is 0.196 e. The van der Waals surface area contributed by atoms with Gasteiger partial charge in [0, 0.05) is 19.2 Å². The number of carbonyl (C=O) groups is 1. The van der Waals surface area contributed by atoms with Gasteiger partial charge in [-0.25, -0.2) is 0 Å². The number of furan rings is 1. The summed E-state index contributed by atoms with van der Waals surface area (Å²) in [7, 11) is 0. The van der Waals surface area contributed by atoms with Crippen molar-refractivity contribution in [2.24, 2.45) is 5.92 Å². The van der Waals surface area contributed by atoms with E-state index in [-0.39, 0.29) is 0 Å². The maximum atomic E-state index is 10.4. The molecule has 0 N–H and O–H groups in total. The van der Waals surface area contributed by atoms with Crippen LogP contribution in [0.4, 0.5) is 5.88 Å². The topological polar surface area (TPSA) is 33.5 Å². The molecule has 0 aliphatic carbocycles. The number of anilines is 1. The van der Waals surface area contributed by atoms with Crippen molar-refractivity contribution in [3.05, 3.63) is 17.9 Å². The van der Waals surface area contributed by atoms with E-state index in [4.69, 9.17) is 4.42 Å². The highest BCUT2D eigenvalue weighted by molar-refractivity contribution is 5.71. The van der Waals surface area contributed by atoms with Gasteiger partial charge in [-0.15, -0.1) is 0 Å². The zero-order chi connectivity index (χ0) is 9.26. The molecule has 1 aliphatic rings. The van der Waals surface area contributed by atoms with Gasteiger partial charge in [0.2, 0.25) is 0 Å². The van der Waals surface area contributed by atoms with Crippen molar-refractivity contribution in [3.8, 4) is 0 Å². The molecule has 0 saturated carbocycles. The Morgan fingerprint density at radius 3 is 2.92 bits per heavy atom. The van der Waals surface area contributed by atoms with Crippen LogP contribution >= 0.6 is 0 Å². The molecule has 1 saturated heterocycles. The fourth-order valence-corrected chi connectivity index (χ4v) is 1.58. The number of rotatable bonds is 3. The summed E-state index contributed by atoms with van der Waals surface area (Å²) in [5.41, 5.74) is 0. The first kappa shape index (κ1) is 8.35. The molecule has 3 nitrogen and oxygen atoms in total. The maximum absolute atomic E-state index is 10.4. The third kappa shape index (κ3) is 1.46. The lowest BCUT2D eigenvalue weighted by molar-refractivity contribution is 0.110. The van der Waals surface area contributed by atoms with Crippen LogP contribution in [0.5, 0.6) is 0 Å². The molecule has 1 fully saturated rings. The summed E-state index contributed by atoms with van der Waals surface area (Å²) in [6.45, 7) is 4.31. The predicted molar refractivity (Wildman–Crippen MR) is 50.1 cm³/mol. The van der Waals surface area contributed by atoms with E-state index < -0.39 is 0 Å². The second-order valence-electron chi connectivity index (χ2n) is 3.47.